The van der Waals surface area contributed by atoms with Crippen LogP contribution in [0.5, 0.6) is 0 Å². The van der Waals surface area contributed by atoms with Gasteiger partial charge in [0, 0.05) is 23.7 Å². The third-order valence-corrected chi connectivity index (χ3v) is 2.60. The van der Waals surface area contributed by atoms with Gasteiger partial charge >= 0.3 is 5.97 Å². The fourth-order valence-electron chi connectivity index (χ4n) is 1.39. The van der Waals surface area contributed by atoms with E-state index in [1.165, 1.54) is 0 Å². The van der Waals surface area contributed by atoms with Gasteiger partial charge in [0.2, 0.25) is 5.91 Å². The summed E-state index contributed by atoms with van der Waals surface area (Å²) in [6.45, 7) is 0.243. The molecular formula is C13H14ClNO4. The van der Waals surface area contributed by atoms with Crippen LogP contribution in [0.3, 0.4) is 0 Å². The third kappa shape index (κ3) is 6.03. The molecule has 6 heteroatoms. The minimum atomic E-state index is -1.18. The van der Waals surface area contributed by atoms with E-state index in [1.54, 1.807) is 24.3 Å². The third-order valence-electron chi connectivity index (χ3n) is 2.35. The number of aliphatic hydroxyl groups is 1. The molecule has 3 N–H and O–H groups in total. The number of aliphatic carboxylic acids is 1. The van der Waals surface area contributed by atoms with Crippen LogP contribution in [0.2, 0.25) is 5.02 Å². The lowest BCUT2D eigenvalue weighted by molar-refractivity contribution is -0.131. The molecule has 102 valence electrons. The van der Waals surface area contributed by atoms with Gasteiger partial charge in [-0.25, -0.2) is 4.79 Å². The van der Waals surface area contributed by atoms with Crippen LogP contribution < -0.4 is 5.32 Å². The van der Waals surface area contributed by atoms with E-state index in [0.29, 0.717) is 17.0 Å². The molecule has 0 aliphatic heterocycles. The maximum Gasteiger partial charge on any atom is 0.328 e. The molecule has 19 heavy (non-hydrogen) atoms. The van der Waals surface area contributed by atoms with E-state index in [-0.39, 0.29) is 6.54 Å². The highest BCUT2D eigenvalue weighted by molar-refractivity contribution is 6.30. The Morgan fingerprint density at radius 1 is 1.26 bits per heavy atom. The Balaban J connectivity index is 2.34. The van der Waals surface area contributed by atoms with E-state index in [1.807, 2.05) is 0 Å². The standard InChI is InChI=1S/C13H14ClNO4/c14-10-3-1-9(2-4-10)11(16)7-8-15-12(17)5-6-13(18)19/h1-6,11,16H,7-8H2,(H,15,17)(H,18,19). The van der Waals surface area contributed by atoms with Crippen molar-refractivity contribution in [3.05, 3.63) is 47.0 Å². The summed E-state index contributed by atoms with van der Waals surface area (Å²) >= 11 is 5.73. The molecule has 0 bridgehead atoms. The Hall–Kier alpha value is -1.85. The fourth-order valence-corrected chi connectivity index (χ4v) is 1.52. The van der Waals surface area contributed by atoms with E-state index >= 15 is 0 Å². The summed E-state index contributed by atoms with van der Waals surface area (Å²) in [6, 6.07) is 6.76. The summed E-state index contributed by atoms with van der Waals surface area (Å²) in [7, 11) is 0. The maximum atomic E-state index is 11.1. The van der Waals surface area contributed by atoms with Gasteiger partial charge in [0.05, 0.1) is 6.10 Å². The molecule has 0 heterocycles. The molecule has 5 nitrogen and oxygen atoms in total. The number of nitrogens with one attached hydrogen (secondary N) is 1. The number of amides is 1. The van der Waals surface area contributed by atoms with Crippen molar-refractivity contribution in [3.8, 4) is 0 Å². The van der Waals surface area contributed by atoms with Gasteiger partial charge in [-0.2, -0.15) is 0 Å². The van der Waals surface area contributed by atoms with Gasteiger partial charge in [-0.05, 0) is 24.1 Å². The molecule has 1 unspecified atom stereocenters. The number of aliphatic hydroxyl groups excluding tert-OH is 1. The van der Waals surface area contributed by atoms with Gasteiger partial charge in [0.1, 0.15) is 0 Å². The zero-order valence-electron chi connectivity index (χ0n) is 10.0. The SMILES string of the molecule is O=C(O)C=CC(=O)NCCC(O)c1ccc(Cl)cc1. The zero-order chi connectivity index (χ0) is 14.3. The average molecular weight is 284 g/mol. The second-order valence-electron chi connectivity index (χ2n) is 3.82. The smallest absolute Gasteiger partial charge is 0.328 e. The van der Waals surface area contributed by atoms with Crippen LogP contribution in [-0.2, 0) is 9.59 Å². The molecule has 1 amide bonds. The first kappa shape index (κ1) is 15.2. The molecule has 1 aromatic rings. The number of halogens is 1. The van der Waals surface area contributed by atoms with Gasteiger partial charge in [-0.15, -0.1) is 0 Å². The van der Waals surface area contributed by atoms with Crippen molar-refractivity contribution in [1.29, 1.82) is 0 Å². The Kier molecular flexibility index (Phi) is 6.05. The van der Waals surface area contributed by atoms with Crippen molar-refractivity contribution in [3.63, 3.8) is 0 Å². The van der Waals surface area contributed by atoms with Crippen LogP contribution in [0.1, 0.15) is 18.1 Å². The summed E-state index contributed by atoms with van der Waals surface area (Å²) in [5.74, 6) is -1.69. The van der Waals surface area contributed by atoms with Crippen LogP contribution >= 0.6 is 11.6 Å². The Bertz CT molecular complexity index is 470. The van der Waals surface area contributed by atoms with Crippen molar-refractivity contribution in [2.75, 3.05) is 6.54 Å². The van der Waals surface area contributed by atoms with Gasteiger partial charge in [-0.1, -0.05) is 23.7 Å². The molecule has 0 spiro atoms. The van der Waals surface area contributed by atoms with Gasteiger partial charge < -0.3 is 15.5 Å². The van der Waals surface area contributed by atoms with Crippen molar-refractivity contribution >= 4 is 23.5 Å². The molecule has 0 fully saturated rings. The molecule has 0 saturated carbocycles. The van der Waals surface area contributed by atoms with Crippen molar-refractivity contribution in [1.82, 2.24) is 5.32 Å². The molecule has 0 aliphatic rings. The predicted octanol–water partition coefficient (Wildman–Crippen LogP) is 1.52. The largest absolute Gasteiger partial charge is 0.478 e. The van der Waals surface area contributed by atoms with E-state index in [9.17, 15) is 14.7 Å². The second-order valence-corrected chi connectivity index (χ2v) is 4.26. The van der Waals surface area contributed by atoms with E-state index in [4.69, 9.17) is 16.7 Å². The van der Waals surface area contributed by atoms with Crippen LogP contribution in [0, 0.1) is 0 Å². The minimum Gasteiger partial charge on any atom is -0.478 e. The molecular weight excluding hydrogens is 270 g/mol. The summed E-state index contributed by atoms with van der Waals surface area (Å²) in [4.78, 5) is 21.3. The first-order chi connectivity index (χ1) is 8.99. The normalized spacial score (nSPS) is 12.3. The first-order valence-corrected chi connectivity index (χ1v) is 5.99. The Morgan fingerprint density at radius 2 is 1.89 bits per heavy atom. The van der Waals surface area contributed by atoms with E-state index in [0.717, 1.165) is 12.2 Å². The van der Waals surface area contributed by atoms with E-state index < -0.39 is 18.0 Å². The van der Waals surface area contributed by atoms with Gasteiger partial charge in [-0.3, -0.25) is 4.79 Å². The minimum absolute atomic E-state index is 0.243. The number of carbonyl (C=O) groups is 2. The van der Waals surface area contributed by atoms with Crippen molar-refractivity contribution in [2.45, 2.75) is 12.5 Å². The number of carbonyl (C=O) groups excluding carboxylic acids is 1. The topological polar surface area (TPSA) is 86.6 Å². The van der Waals surface area contributed by atoms with Crippen LogP contribution in [0.25, 0.3) is 0 Å². The predicted molar refractivity (Wildman–Crippen MR) is 70.8 cm³/mol. The number of benzene rings is 1. The average Bonchev–Trinajstić information content (AvgIpc) is 2.37. The van der Waals surface area contributed by atoms with Crippen LogP contribution in [-0.4, -0.2) is 28.6 Å². The number of carboxylic acid groups (broad SMARTS) is 1. The lowest BCUT2D eigenvalue weighted by atomic mass is 10.1. The highest BCUT2D eigenvalue weighted by atomic mass is 35.5. The Morgan fingerprint density at radius 3 is 2.47 bits per heavy atom. The second kappa shape index (κ2) is 7.56. The highest BCUT2D eigenvalue weighted by Crippen LogP contribution is 2.18. The van der Waals surface area contributed by atoms with E-state index in [2.05, 4.69) is 5.32 Å². The number of hydrogen-bond donors (Lipinski definition) is 3. The fraction of sp³-hybridized carbons (Fsp3) is 0.231. The molecule has 1 atom stereocenters. The van der Waals surface area contributed by atoms with Gasteiger partial charge in [0.25, 0.3) is 0 Å². The maximum absolute atomic E-state index is 11.1. The monoisotopic (exact) mass is 283 g/mol. The summed E-state index contributed by atoms with van der Waals surface area (Å²) in [5.41, 5.74) is 0.708. The van der Waals surface area contributed by atoms with Crippen molar-refractivity contribution in [2.24, 2.45) is 0 Å². The summed E-state index contributed by atoms with van der Waals surface area (Å²) < 4.78 is 0. The highest BCUT2D eigenvalue weighted by Gasteiger charge is 2.07. The van der Waals surface area contributed by atoms with Crippen LogP contribution in [0.4, 0.5) is 0 Å². The molecule has 0 aliphatic carbocycles. The zero-order valence-corrected chi connectivity index (χ0v) is 10.8. The van der Waals surface area contributed by atoms with Gasteiger partial charge in [0.15, 0.2) is 0 Å². The lowest BCUT2D eigenvalue weighted by Gasteiger charge is -2.11. The lowest BCUT2D eigenvalue weighted by Crippen LogP contribution is -2.23. The number of carboxylic acids is 1. The molecule has 0 saturated heterocycles. The molecule has 0 aromatic heterocycles. The van der Waals surface area contributed by atoms with Crippen LogP contribution in [0.15, 0.2) is 36.4 Å². The first-order valence-electron chi connectivity index (χ1n) is 5.61. The number of rotatable bonds is 6. The summed E-state index contributed by atoms with van der Waals surface area (Å²) in [5, 5.41) is 21.2. The van der Waals surface area contributed by atoms with Crippen molar-refractivity contribution < 1.29 is 19.8 Å². The molecule has 1 aromatic carbocycles. The quantitative estimate of drug-likeness (QED) is 0.691. The summed E-state index contributed by atoms with van der Waals surface area (Å²) in [6.07, 6.45) is 1.30. The molecule has 0 radical (unpaired) electrons. The Labute approximate surface area is 115 Å². The molecule has 1 rings (SSSR count). The number of hydrogen-bond acceptors (Lipinski definition) is 3.